The fourth-order valence-electron chi connectivity index (χ4n) is 7.94. The number of nitrogens with zero attached hydrogens (tertiary/aromatic N) is 3. The predicted molar refractivity (Wildman–Crippen MR) is 233 cm³/mol. The minimum atomic E-state index is 0.666. The topological polar surface area (TPSA) is 51.8 Å². The number of hydrogen-bond donors (Lipinski definition) is 0. The summed E-state index contributed by atoms with van der Waals surface area (Å²) in [5.74, 6) is 0.666. The maximum atomic E-state index is 6.70. The molecular weight excluding hydrogens is 703 g/mol. The van der Waals surface area contributed by atoms with E-state index in [0.717, 1.165) is 83.4 Å². The van der Waals surface area contributed by atoms with Gasteiger partial charge in [0, 0.05) is 71.2 Å². The van der Waals surface area contributed by atoms with Crippen molar-refractivity contribution in [2.75, 3.05) is 0 Å². The first-order valence-electron chi connectivity index (χ1n) is 18.7. The zero-order chi connectivity index (χ0) is 37.0. The van der Waals surface area contributed by atoms with Crippen LogP contribution >= 0.6 is 11.3 Å². The Bertz CT molecular complexity index is 3240. The van der Waals surface area contributed by atoms with E-state index in [-0.39, 0.29) is 0 Å². The third kappa shape index (κ3) is 5.48. The number of pyridine rings is 1. The Balaban J connectivity index is 1.04. The van der Waals surface area contributed by atoms with Crippen LogP contribution in [0.1, 0.15) is 0 Å². The highest BCUT2D eigenvalue weighted by atomic mass is 32.1. The first-order valence-corrected chi connectivity index (χ1v) is 19.5. The molecule has 7 aromatic carbocycles. The standard InChI is InChI=1S/C51H31N3OS/c1-2-11-33(12-3-1)44-30-45(40-15-5-4-14-37(40)36-13-10-28-52-31-36)54-51(53-44)34-22-20-32(21-23-34)38-25-26-39(50-49(38)42-17-6-8-18-46(42)55-50)35-24-27-48-43(29-35)41-16-7-9-19-47(41)56-48/h1-31H. The summed E-state index contributed by atoms with van der Waals surface area (Å²) in [7, 11) is 0. The van der Waals surface area contributed by atoms with Crippen LogP contribution in [0.15, 0.2) is 193 Å². The van der Waals surface area contributed by atoms with Gasteiger partial charge in [-0.2, -0.15) is 0 Å². The second kappa shape index (κ2) is 13.3. The Morgan fingerprint density at radius 1 is 0.411 bits per heavy atom. The van der Waals surface area contributed by atoms with Crippen LogP contribution in [-0.2, 0) is 0 Å². The first kappa shape index (κ1) is 32.2. The van der Waals surface area contributed by atoms with E-state index in [4.69, 9.17) is 14.4 Å². The Morgan fingerprint density at radius 3 is 1.95 bits per heavy atom. The van der Waals surface area contributed by atoms with Crippen molar-refractivity contribution in [1.82, 2.24) is 15.0 Å². The molecule has 0 fully saturated rings. The van der Waals surface area contributed by atoms with Crippen molar-refractivity contribution in [1.29, 1.82) is 0 Å². The quantitative estimate of drug-likeness (QED) is 0.171. The van der Waals surface area contributed by atoms with Gasteiger partial charge in [-0.3, -0.25) is 4.98 Å². The van der Waals surface area contributed by atoms with Crippen molar-refractivity contribution in [2.24, 2.45) is 0 Å². The molecule has 11 rings (SSSR count). The summed E-state index contributed by atoms with van der Waals surface area (Å²) in [6.45, 7) is 0. The molecule has 0 unspecified atom stereocenters. The van der Waals surface area contributed by atoms with Crippen molar-refractivity contribution in [3.8, 4) is 67.3 Å². The zero-order valence-corrected chi connectivity index (χ0v) is 30.9. The van der Waals surface area contributed by atoms with Gasteiger partial charge in [-0.25, -0.2) is 9.97 Å². The van der Waals surface area contributed by atoms with Crippen LogP contribution < -0.4 is 0 Å². The van der Waals surface area contributed by atoms with Gasteiger partial charge < -0.3 is 4.42 Å². The van der Waals surface area contributed by atoms with Crippen molar-refractivity contribution in [2.45, 2.75) is 0 Å². The maximum Gasteiger partial charge on any atom is 0.160 e. The number of rotatable bonds is 6. The first-order chi connectivity index (χ1) is 27.7. The summed E-state index contributed by atoms with van der Waals surface area (Å²) >= 11 is 1.84. The molecule has 0 saturated carbocycles. The van der Waals surface area contributed by atoms with E-state index < -0.39 is 0 Å². The second-order valence-corrected chi connectivity index (χ2v) is 15.0. The number of benzene rings is 7. The average molecular weight is 734 g/mol. The van der Waals surface area contributed by atoms with Crippen LogP contribution in [-0.4, -0.2) is 15.0 Å². The van der Waals surface area contributed by atoms with Crippen LogP contribution in [0.5, 0.6) is 0 Å². The van der Waals surface area contributed by atoms with Gasteiger partial charge in [0.2, 0.25) is 0 Å². The van der Waals surface area contributed by atoms with Crippen molar-refractivity contribution in [3.63, 3.8) is 0 Å². The lowest BCUT2D eigenvalue weighted by Crippen LogP contribution is -1.97. The molecule has 0 bridgehead atoms. The molecule has 0 saturated heterocycles. The van der Waals surface area contributed by atoms with Crippen LogP contribution in [0.3, 0.4) is 0 Å². The Kier molecular flexibility index (Phi) is 7.64. The molecule has 5 heteroatoms. The highest BCUT2D eigenvalue weighted by molar-refractivity contribution is 7.25. The van der Waals surface area contributed by atoms with E-state index in [2.05, 4.69) is 151 Å². The number of furan rings is 1. The number of thiophene rings is 1. The molecule has 4 aromatic heterocycles. The van der Waals surface area contributed by atoms with E-state index in [1.807, 2.05) is 47.9 Å². The fourth-order valence-corrected chi connectivity index (χ4v) is 9.03. The SMILES string of the molecule is c1ccc(-c2cc(-c3ccccc3-c3cccnc3)nc(-c3ccc(-c4ccc(-c5ccc6sc7ccccc7c6c5)c5oc6ccccc6c45)cc3)n2)cc1. The van der Waals surface area contributed by atoms with Gasteiger partial charge in [-0.15, -0.1) is 11.3 Å². The molecule has 262 valence electrons. The lowest BCUT2D eigenvalue weighted by molar-refractivity contribution is 0.670. The molecule has 4 nitrogen and oxygen atoms in total. The zero-order valence-electron chi connectivity index (χ0n) is 30.1. The third-order valence-electron chi connectivity index (χ3n) is 10.6. The summed E-state index contributed by atoms with van der Waals surface area (Å²) in [5, 5.41) is 4.77. The van der Waals surface area contributed by atoms with E-state index in [1.165, 1.54) is 20.2 Å². The molecule has 56 heavy (non-hydrogen) atoms. The molecule has 0 aliphatic rings. The van der Waals surface area contributed by atoms with Crippen molar-refractivity contribution >= 4 is 53.4 Å². The molecular formula is C51H31N3OS. The molecule has 0 aliphatic heterocycles. The van der Waals surface area contributed by atoms with E-state index in [1.54, 1.807) is 6.20 Å². The predicted octanol–water partition coefficient (Wildman–Crippen LogP) is 14.1. The van der Waals surface area contributed by atoms with Gasteiger partial charge in [0.25, 0.3) is 0 Å². The summed E-state index contributed by atoms with van der Waals surface area (Å²) in [4.78, 5) is 14.7. The van der Waals surface area contributed by atoms with Crippen LogP contribution in [0, 0.1) is 0 Å². The molecule has 0 amide bonds. The molecule has 0 aliphatic carbocycles. The van der Waals surface area contributed by atoms with Gasteiger partial charge >= 0.3 is 0 Å². The van der Waals surface area contributed by atoms with Gasteiger partial charge in [-0.1, -0.05) is 133 Å². The van der Waals surface area contributed by atoms with Gasteiger partial charge in [0.05, 0.1) is 11.4 Å². The highest BCUT2D eigenvalue weighted by Crippen LogP contribution is 2.44. The van der Waals surface area contributed by atoms with Crippen LogP contribution in [0.4, 0.5) is 0 Å². The summed E-state index contributed by atoms with van der Waals surface area (Å²) < 4.78 is 9.29. The van der Waals surface area contributed by atoms with Gasteiger partial charge in [0.15, 0.2) is 5.82 Å². The van der Waals surface area contributed by atoms with Crippen LogP contribution in [0.25, 0.3) is 109 Å². The van der Waals surface area contributed by atoms with Gasteiger partial charge in [-0.05, 0) is 64.7 Å². The minimum absolute atomic E-state index is 0.666. The number of para-hydroxylation sites is 1. The lowest BCUT2D eigenvalue weighted by Gasteiger charge is -2.13. The Hall–Kier alpha value is -7.21. The van der Waals surface area contributed by atoms with Gasteiger partial charge in [0.1, 0.15) is 11.2 Å². The van der Waals surface area contributed by atoms with E-state index >= 15 is 0 Å². The Morgan fingerprint density at radius 2 is 1.09 bits per heavy atom. The second-order valence-electron chi connectivity index (χ2n) is 14.0. The summed E-state index contributed by atoms with van der Waals surface area (Å²) in [5.41, 5.74) is 13.0. The smallest absolute Gasteiger partial charge is 0.160 e. The number of aromatic nitrogens is 3. The van der Waals surface area contributed by atoms with E-state index in [9.17, 15) is 0 Å². The summed E-state index contributed by atoms with van der Waals surface area (Å²) in [6, 6.07) is 61.6. The largest absolute Gasteiger partial charge is 0.455 e. The summed E-state index contributed by atoms with van der Waals surface area (Å²) in [6.07, 6.45) is 3.70. The normalized spacial score (nSPS) is 11.6. The monoisotopic (exact) mass is 733 g/mol. The molecule has 4 heterocycles. The lowest BCUT2D eigenvalue weighted by atomic mass is 9.93. The molecule has 0 atom stereocenters. The Labute approximate surface area is 327 Å². The van der Waals surface area contributed by atoms with E-state index in [0.29, 0.717) is 5.82 Å². The molecule has 0 radical (unpaired) electrons. The fraction of sp³-hybridized carbons (Fsp3) is 0. The van der Waals surface area contributed by atoms with Crippen molar-refractivity contribution in [3.05, 3.63) is 188 Å². The third-order valence-corrected chi connectivity index (χ3v) is 11.8. The average Bonchev–Trinajstić information content (AvgIpc) is 3.85. The number of fused-ring (bicyclic) bond motifs is 6. The number of hydrogen-bond acceptors (Lipinski definition) is 5. The highest BCUT2D eigenvalue weighted by Gasteiger charge is 2.19. The minimum Gasteiger partial charge on any atom is -0.455 e. The molecule has 0 spiro atoms. The maximum absolute atomic E-state index is 6.70. The molecule has 11 aromatic rings. The van der Waals surface area contributed by atoms with Crippen molar-refractivity contribution < 1.29 is 4.42 Å². The van der Waals surface area contributed by atoms with Crippen LogP contribution in [0.2, 0.25) is 0 Å². The molecule has 0 N–H and O–H groups in total.